The van der Waals surface area contributed by atoms with Gasteiger partial charge < -0.3 is 25.4 Å². The largest absolute Gasteiger partial charge is 0.497 e. The summed E-state index contributed by atoms with van der Waals surface area (Å²) in [5.74, 6) is 2.52. The monoisotopic (exact) mass is 424 g/mol. The lowest BCUT2D eigenvalue weighted by atomic mass is 9.85. The molecule has 2 aromatic rings. The molecule has 1 saturated carbocycles. The number of carbonyl (C=O) groups excluding carboxylic acids is 1. The molecule has 7 nitrogen and oxygen atoms in total. The van der Waals surface area contributed by atoms with Crippen molar-refractivity contribution in [2.75, 3.05) is 26.1 Å². The van der Waals surface area contributed by atoms with Crippen LogP contribution in [0, 0.1) is 5.92 Å². The molecular formula is C24H32N4O3. The van der Waals surface area contributed by atoms with Crippen molar-refractivity contribution in [3.8, 4) is 11.5 Å². The molecule has 0 heterocycles. The van der Waals surface area contributed by atoms with Crippen LogP contribution in [-0.4, -0.2) is 32.6 Å². The van der Waals surface area contributed by atoms with E-state index in [0.29, 0.717) is 19.0 Å². The van der Waals surface area contributed by atoms with E-state index >= 15 is 0 Å². The van der Waals surface area contributed by atoms with Crippen LogP contribution in [-0.2, 0) is 17.9 Å². The van der Waals surface area contributed by atoms with Crippen molar-refractivity contribution in [2.24, 2.45) is 10.9 Å². The third-order valence-electron chi connectivity index (χ3n) is 5.37. The fourth-order valence-corrected chi connectivity index (χ4v) is 3.35. The van der Waals surface area contributed by atoms with E-state index in [9.17, 15) is 4.79 Å². The predicted molar refractivity (Wildman–Crippen MR) is 124 cm³/mol. The third-order valence-corrected chi connectivity index (χ3v) is 5.37. The van der Waals surface area contributed by atoms with Gasteiger partial charge in [-0.15, -0.1) is 0 Å². The van der Waals surface area contributed by atoms with Crippen molar-refractivity contribution in [1.29, 1.82) is 0 Å². The molecule has 0 bridgehead atoms. The lowest BCUT2D eigenvalue weighted by Crippen LogP contribution is -2.36. The van der Waals surface area contributed by atoms with Gasteiger partial charge in [0.05, 0.1) is 20.8 Å². The summed E-state index contributed by atoms with van der Waals surface area (Å²) in [5, 5.41) is 9.63. The minimum absolute atomic E-state index is 0.121. The maximum Gasteiger partial charge on any atom is 0.227 e. The second-order valence-corrected chi connectivity index (χ2v) is 7.54. The molecule has 0 unspecified atom stereocenters. The van der Waals surface area contributed by atoms with E-state index in [1.54, 1.807) is 14.2 Å². The molecule has 0 saturated heterocycles. The van der Waals surface area contributed by atoms with E-state index in [1.807, 2.05) is 49.4 Å². The van der Waals surface area contributed by atoms with Gasteiger partial charge in [0.15, 0.2) is 5.96 Å². The zero-order chi connectivity index (χ0) is 22.1. The van der Waals surface area contributed by atoms with E-state index in [0.717, 1.165) is 54.1 Å². The summed E-state index contributed by atoms with van der Waals surface area (Å²) in [4.78, 5) is 16.9. The second-order valence-electron chi connectivity index (χ2n) is 7.54. The van der Waals surface area contributed by atoms with Gasteiger partial charge in [0.25, 0.3) is 0 Å². The highest BCUT2D eigenvalue weighted by Crippen LogP contribution is 2.28. The zero-order valence-electron chi connectivity index (χ0n) is 18.5. The lowest BCUT2D eigenvalue weighted by molar-refractivity contribution is -0.122. The molecule has 2 aromatic carbocycles. The van der Waals surface area contributed by atoms with E-state index < -0.39 is 0 Å². The average molecular weight is 425 g/mol. The van der Waals surface area contributed by atoms with E-state index in [-0.39, 0.29) is 11.8 Å². The SMILES string of the molecule is CCNC(=NCc1cccc(NC(=O)C2CCC2)c1)NCc1ccc(OC)cc1OC. The number of anilines is 1. The molecule has 0 atom stereocenters. The molecule has 1 fully saturated rings. The zero-order valence-corrected chi connectivity index (χ0v) is 18.5. The molecule has 0 radical (unpaired) electrons. The van der Waals surface area contributed by atoms with Crippen molar-refractivity contribution in [2.45, 2.75) is 39.3 Å². The van der Waals surface area contributed by atoms with Crippen LogP contribution in [0.5, 0.6) is 11.5 Å². The molecule has 3 N–H and O–H groups in total. The molecule has 1 aliphatic rings. The number of ether oxygens (including phenoxy) is 2. The minimum atomic E-state index is 0.121. The quantitative estimate of drug-likeness (QED) is 0.422. The van der Waals surface area contributed by atoms with Gasteiger partial charge in [-0.1, -0.05) is 18.6 Å². The predicted octanol–water partition coefficient (Wildman–Crippen LogP) is 3.70. The van der Waals surface area contributed by atoms with Gasteiger partial charge in [0.2, 0.25) is 5.91 Å². The van der Waals surface area contributed by atoms with Crippen LogP contribution in [0.25, 0.3) is 0 Å². The number of hydrogen-bond acceptors (Lipinski definition) is 4. The molecule has 166 valence electrons. The Kier molecular flexibility index (Phi) is 8.15. The van der Waals surface area contributed by atoms with Crippen LogP contribution >= 0.6 is 0 Å². The third kappa shape index (κ3) is 6.38. The molecular weight excluding hydrogens is 392 g/mol. The Balaban J connectivity index is 1.62. The minimum Gasteiger partial charge on any atom is -0.497 e. The molecule has 7 heteroatoms. The first-order valence-corrected chi connectivity index (χ1v) is 10.8. The second kappa shape index (κ2) is 11.2. The summed E-state index contributed by atoms with van der Waals surface area (Å²) in [6.45, 7) is 3.85. The van der Waals surface area contributed by atoms with Crippen molar-refractivity contribution in [3.63, 3.8) is 0 Å². The molecule has 1 aliphatic carbocycles. The summed E-state index contributed by atoms with van der Waals surface area (Å²) >= 11 is 0. The van der Waals surface area contributed by atoms with E-state index in [1.165, 1.54) is 0 Å². The summed E-state index contributed by atoms with van der Waals surface area (Å²) in [6, 6.07) is 13.6. The van der Waals surface area contributed by atoms with Gasteiger partial charge in [-0.05, 0) is 49.6 Å². The topological polar surface area (TPSA) is 84.0 Å². The standard InChI is InChI=1S/C24H32N4O3/c1-4-25-24(27-16-19-11-12-21(30-2)14-22(19)31-3)26-15-17-7-5-10-20(13-17)28-23(29)18-8-6-9-18/h5,7,10-14,18H,4,6,8-9,15-16H2,1-3H3,(H,28,29)(H2,25,26,27). The van der Waals surface area contributed by atoms with E-state index in [2.05, 4.69) is 20.9 Å². The van der Waals surface area contributed by atoms with Crippen molar-refractivity contribution in [3.05, 3.63) is 53.6 Å². The average Bonchev–Trinajstić information content (AvgIpc) is 2.74. The van der Waals surface area contributed by atoms with Crippen LogP contribution in [0.1, 0.15) is 37.3 Å². The van der Waals surface area contributed by atoms with Crippen LogP contribution in [0.2, 0.25) is 0 Å². The lowest BCUT2D eigenvalue weighted by Gasteiger charge is -2.24. The number of nitrogens with zero attached hydrogens (tertiary/aromatic N) is 1. The molecule has 0 spiro atoms. The Morgan fingerprint density at radius 1 is 1.10 bits per heavy atom. The molecule has 0 aliphatic heterocycles. The molecule has 3 rings (SSSR count). The highest BCUT2D eigenvalue weighted by Gasteiger charge is 2.25. The van der Waals surface area contributed by atoms with Crippen molar-refractivity contribution < 1.29 is 14.3 Å². The van der Waals surface area contributed by atoms with Gasteiger partial charge >= 0.3 is 0 Å². The van der Waals surface area contributed by atoms with Crippen LogP contribution < -0.4 is 25.4 Å². The maximum absolute atomic E-state index is 12.2. The van der Waals surface area contributed by atoms with Gasteiger partial charge in [0, 0.05) is 36.3 Å². The summed E-state index contributed by atoms with van der Waals surface area (Å²) in [5.41, 5.74) is 2.87. The van der Waals surface area contributed by atoms with E-state index in [4.69, 9.17) is 9.47 Å². The number of rotatable bonds is 9. The molecule has 0 aromatic heterocycles. The molecule has 1 amide bonds. The Labute approximate surface area is 184 Å². The van der Waals surface area contributed by atoms with Crippen LogP contribution in [0.3, 0.4) is 0 Å². The van der Waals surface area contributed by atoms with Crippen molar-refractivity contribution in [1.82, 2.24) is 10.6 Å². The smallest absolute Gasteiger partial charge is 0.227 e. The van der Waals surface area contributed by atoms with Gasteiger partial charge in [0.1, 0.15) is 11.5 Å². The summed E-state index contributed by atoms with van der Waals surface area (Å²) in [6.07, 6.45) is 3.13. The first kappa shape index (κ1) is 22.5. The Bertz CT molecular complexity index is 909. The number of nitrogens with one attached hydrogen (secondary N) is 3. The van der Waals surface area contributed by atoms with Gasteiger partial charge in [-0.2, -0.15) is 0 Å². The first-order valence-electron chi connectivity index (χ1n) is 10.8. The number of aliphatic imine (C=N–C) groups is 1. The number of benzene rings is 2. The maximum atomic E-state index is 12.2. The number of guanidine groups is 1. The van der Waals surface area contributed by atoms with Gasteiger partial charge in [-0.25, -0.2) is 4.99 Å². The normalized spacial score (nSPS) is 13.8. The molecule has 31 heavy (non-hydrogen) atoms. The number of carbonyl (C=O) groups is 1. The van der Waals surface area contributed by atoms with Crippen molar-refractivity contribution >= 4 is 17.6 Å². The highest BCUT2D eigenvalue weighted by atomic mass is 16.5. The Morgan fingerprint density at radius 3 is 2.61 bits per heavy atom. The first-order chi connectivity index (χ1) is 15.1. The number of hydrogen-bond donors (Lipinski definition) is 3. The number of methoxy groups -OCH3 is 2. The van der Waals surface area contributed by atoms with Crippen LogP contribution in [0.15, 0.2) is 47.5 Å². The Hall–Kier alpha value is -3.22. The van der Waals surface area contributed by atoms with Crippen LogP contribution in [0.4, 0.5) is 5.69 Å². The number of amides is 1. The highest BCUT2D eigenvalue weighted by molar-refractivity contribution is 5.93. The Morgan fingerprint density at radius 2 is 1.94 bits per heavy atom. The fraction of sp³-hybridized carbons (Fsp3) is 0.417. The van der Waals surface area contributed by atoms with Gasteiger partial charge in [-0.3, -0.25) is 4.79 Å². The fourth-order valence-electron chi connectivity index (χ4n) is 3.35. The summed E-state index contributed by atoms with van der Waals surface area (Å²) in [7, 11) is 3.28. The summed E-state index contributed by atoms with van der Waals surface area (Å²) < 4.78 is 10.7.